The summed E-state index contributed by atoms with van der Waals surface area (Å²) in [6.07, 6.45) is 0. The summed E-state index contributed by atoms with van der Waals surface area (Å²) in [7, 11) is 0. The van der Waals surface area contributed by atoms with E-state index in [4.69, 9.17) is 11.6 Å². The van der Waals surface area contributed by atoms with Crippen LogP contribution in [0.2, 0.25) is 5.02 Å². The van der Waals surface area contributed by atoms with Crippen LogP contribution in [-0.4, -0.2) is 58.6 Å². The van der Waals surface area contributed by atoms with Gasteiger partial charge in [-0.25, -0.2) is 0 Å². The third kappa shape index (κ3) is 4.01. The fourth-order valence-corrected chi connectivity index (χ4v) is 2.85. The third-order valence-electron chi connectivity index (χ3n) is 4.09. The number of piperazine rings is 1. The third-order valence-corrected chi connectivity index (χ3v) is 4.32. The Morgan fingerprint density at radius 1 is 1.17 bits per heavy atom. The first-order valence-electron chi connectivity index (χ1n) is 8.03. The smallest absolute Gasteiger partial charge is 0.274 e. The van der Waals surface area contributed by atoms with Crippen molar-refractivity contribution in [2.24, 2.45) is 0 Å². The Morgan fingerprint density at radius 2 is 1.96 bits per heavy atom. The van der Waals surface area contributed by atoms with Gasteiger partial charge in [0.1, 0.15) is 0 Å². The second-order valence-electron chi connectivity index (χ2n) is 5.67. The maximum absolute atomic E-state index is 12.5. The molecule has 1 fully saturated rings. The van der Waals surface area contributed by atoms with Gasteiger partial charge < -0.3 is 15.1 Å². The van der Waals surface area contributed by atoms with Crippen LogP contribution in [0.4, 0.5) is 11.5 Å². The van der Waals surface area contributed by atoms with Crippen molar-refractivity contribution in [2.75, 3.05) is 38.0 Å². The summed E-state index contributed by atoms with van der Waals surface area (Å²) in [6, 6.07) is 10.8. The van der Waals surface area contributed by atoms with Gasteiger partial charge in [-0.3, -0.25) is 4.79 Å². The van der Waals surface area contributed by atoms with Crippen molar-refractivity contribution in [1.82, 2.24) is 20.0 Å². The Labute approximate surface area is 146 Å². The average Bonchev–Trinajstić information content (AvgIpc) is 2.62. The lowest BCUT2D eigenvalue weighted by atomic mass is 10.2. The van der Waals surface area contributed by atoms with E-state index >= 15 is 0 Å². The Balaban J connectivity index is 1.63. The Bertz CT molecular complexity index is 698. The predicted molar refractivity (Wildman–Crippen MR) is 94.8 cm³/mol. The van der Waals surface area contributed by atoms with Crippen LogP contribution in [0, 0.1) is 0 Å². The molecule has 1 aromatic carbocycles. The predicted octanol–water partition coefficient (Wildman–Crippen LogP) is 2.65. The van der Waals surface area contributed by atoms with E-state index in [9.17, 15) is 4.79 Å². The molecule has 0 bridgehead atoms. The highest BCUT2D eigenvalue weighted by Crippen LogP contribution is 2.18. The van der Waals surface area contributed by atoms with Crippen LogP contribution in [0.5, 0.6) is 0 Å². The summed E-state index contributed by atoms with van der Waals surface area (Å²) in [5.74, 6) is 0.511. The molecule has 1 aromatic heterocycles. The quantitative estimate of drug-likeness (QED) is 0.923. The van der Waals surface area contributed by atoms with Crippen molar-refractivity contribution in [3.63, 3.8) is 0 Å². The average molecular weight is 346 g/mol. The van der Waals surface area contributed by atoms with Crippen LogP contribution in [0.25, 0.3) is 0 Å². The largest absolute Gasteiger partial charge is 0.339 e. The number of benzene rings is 1. The molecular weight excluding hydrogens is 326 g/mol. The molecule has 1 aliphatic rings. The topological polar surface area (TPSA) is 61.4 Å². The summed E-state index contributed by atoms with van der Waals surface area (Å²) in [5.41, 5.74) is 1.20. The zero-order chi connectivity index (χ0) is 16.9. The van der Waals surface area contributed by atoms with Crippen molar-refractivity contribution in [1.29, 1.82) is 0 Å². The number of hydrogen-bond donors (Lipinski definition) is 1. The van der Waals surface area contributed by atoms with Crippen molar-refractivity contribution in [2.45, 2.75) is 6.92 Å². The number of halogens is 1. The molecule has 7 heteroatoms. The Morgan fingerprint density at radius 3 is 2.58 bits per heavy atom. The maximum atomic E-state index is 12.5. The van der Waals surface area contributed by atoms with Crippen LogP contribution in [0.15, 0.2) is 36.4 Å². The number of anilines is 2. The number of hydrogen-bond acceptors (Lipinski definition) is 5. The molecule has 2 aromatic rings. The van der Waals surface area contributed by atoms with Gasteiger partial charge in [-0.15, -0.1) is 10.2 Å². The monoisotopic (exact) mass is 345 g/mol. The van der Waals surface area contributed by atoms with E-state index in [0.29, 0.717) is 16.5 Å². The number of carbonyl (C=O) groups is 1. The highest BCUT2D eigenvalue weighted by atomic mass is 35.5. The molecule has 1 aliphatic heterocycles. The first-order valence-corrected chi connectivity index (χ1v) is 8.41. The molecule has 3 rings (SSSR count). The first kappa shape index (κ1) is 16.7. The fourth-order valence-electron chi connectivity index (χ4n) is 2.66. The maximum Gasteiger partial charge on any atom is 0.274 e. The van der Waals surface area contributed by atoms with Gasteiger partial charge in [0.15, 0.2) is 11.5 Å². The molecule has 1 N–H and O–H groups in total. The van der Waals surface area contributed by atoms with E-state index < -0.39 is 0 Å². The number of nitrogens with one attached hydrogen (secondary N) is 1. The van der Waals surface area contributed by atoms with Gasteiger partial charge in [0.05, 0.1) is 0 Å². The lowest BCUT2D eigenvalue weighted by Crippen LogP contribution is -2.48. The van der Waals surface area contributed by atoms with Crippen molar-refractivity contribution in [3.8, 4) is 0 Å². The second-order valence-corrected chi connectivity index (χ2v) is 6.10. The lowest BCUT2D eigenvalue weighted by molar-refractivity contribution is 0.0636. The number of rotatable bonds is 4. The van der Waals surface area contributed by atoms with Gasteiger partial charge in [0.2, 0.25) is 0 Å². The number of amides is 1. The molecule has 0 atom stereocenters. The van der Waals surface area contributed by atoms with E-state index in [1.807, 2.05) is 17.0 Å². The van der Waals surface area contributed by atoms with Gasteiger partial charge in [-0.1, -0.05) is 24.6 Å². The van der Waals surface area contributed by atoms with Crippen LogP contribution < -0.4 is 5.32 Å². The number of likely N-dealkylation sites (N-methyl/N-ethyl adjacent to an activating group) is 1. The van der Waals surface area contributed by atoms with E-state index in [-0.39, 0.29) is 5.91 Å². The summed E-state index contributed by atoms with van der Waals surface area (Å²) in [5, 5.41) is 11.9. The van der Waals surface area contributed by atoms with Crippen LogP contribution in [-0.2, 0) is 0 Å². The van der Waals surface area contributed by atoms with Crippen molar-refractivity contribution in [3.05, 3.63) is 47.1 Å². The minimum Gasteiger partial charge on any atom is -0.339 e. The van der Waals surface area contributed by atoms with Gasteiger partial charge in [0.25, 0.3) is 5.91 Å². The van der Waals surface area contributed by atoms with E-state index in [0.717, 1.165) is 38.4 Å². The molecule has 24 heavy (non-hydrogen) atoms. The molecule has 0 radical (unpaired) electrons. The Kier molecular flexibility index (Phi) is 5.27. The SMILES string of the molecule is CCN1CCN(C(=O)c2ccc(Nc3cccc(Cl)c3)nn2)CC1. The molecule has 0 unspecified atom stereocenters. The highest BCUT2D eigenvalue weighted by molar-refractivity contribution is 6.30. The molecule has 1 amide bonds. The number of aromatic nitrogens is 2. The molecule has 6 nitrogen and oxygen atoms in total. The second kappa shape index (κ2) is 7.59. The fraction of sp³-hybridized carbons (Fsp3) is 0.353. The Hall–Kier alpha value is -2.18. The van der Waals surface area contributed by atoms with Crippen molar-refractivity contribution < 1.29 is 4.79 Å². The molecule has 2 heterocycles. The number of nitrogens with zero attached hydrogens (tertiary/aromatic N) is 4. The minimum atomic E-state index is -0.0624. The van der Waals surface area contributed by atoms with E-state index in [1.165, 1.54) is 0 Å². The minimum absolute atomic E-state index is 0.0624. The van der Waals surface area contributed by atoms with Crippen LogP contribution >= 0.6 is 11.6 Å². The van der Waals surface area contributed by atoms with Gasteiger partial charge in [-0.05, 0) is 36.9 Å². The van der Waals surface area contributed by atoms with Gasteiger partial charge in [-0.2, -0.15) is 0 Å². The van der Waals surface area contributed by atoms with Gasteiger partial charge >= 0.3 is 0 Å². The van der Waals surface area contributed by atoms with E-state index in [2.05, 4.69) is 27.3 Å². The summed E-state index contributed by atoms with van der Waals surface area (Å²) < 4.78 is 0. The summed E-state index contributed by atoms with van der Waals surface area (Å²) in [6.45, 7) is 6.43. The lowest BCUT2D eigenvalue weighted by Gasteiger charge is -2.33. The van der Waals surface area contributed by atoms with Crippen LogP contribution in [0.1, 0.15) is 17.4 Å². The van der Waals surface area contributed by atoms with Crippen LogP contribution in [0.3, 0.4) is 0 Å². The zero-order valence-corrected chi connectivity index (χ0v) is 14.3. The van der Waals surface area contributed by atoms with E-state index in [1.54, 1.807) is 24.3 Å². The number of carbonyl (C=O) groups excluding carboxylic acids is 1. The summed E-state index contributed by atoms with van der Waals surface area (Å²) in [4.78, 5) is 16.6. The molecule has 0 aliphatic carbocycles. The standard InChI is InChI=1S/C17H20ClN5O/c1-2-22-8-10-23(11-9-22)17(24)15-6-7-16(21-20-15)19-14-5-3-4-13(18)12-14/h3-7,12H,2,8-11H2,1H3,(H,19,21). The normalized spacial score (nSPS) is 15.3. The summed E-state index contributed by atoms with van der Waals surface area (Å²) >= 11 is 5.95. The zero-order valence-electron chi connectivity index (χ0n) is 13.6. The van der Waals surface area contributed by atoms with Gasteiger partial charge in [0, 0.05) is 36.9 Å². The molecule has 0 saturated carbocycles. The molecule has 1 saturated heterocycles. The molecule has 126 valence electrons. The highest BCUT2D eigenvalue weighted by Gasteiger charge is 2.22. The van der Waals surface area contributed by atoms with Crippen molar-refractivity contribution >= 4 is 29.0 Å². The molecular formula is C17H20ClN5O. The first-order chi connectivity index (χ1) is 11.7. The molecule has 0 spiro atoms.